The molecule has 8 heteroatoms. The highest BCUT2D eigenvalue weighted by Crippen LogP contribution is 2.28. The number of benzene rings is 1. The predicted octanol–water partition coefficient (Wildman–Crippen LogP) is 3.78. The predicted molar refractivity (Wildman–Crippen MR) is 98.9 cm³/mol. The molecule has 0 fully saturated rings. The minimum atomic E-state index is -0.608. The van der Waals surface area contributed by atoms with E-state index in [1.165, 1.54) is 23.7 Å². The van der Waals surface area contributed by atoms with Gasteiger partial charge in [0.05, 0.1) is 5.56 Å². The molecule has 6 nitrogen and oxygen atoms in total. The molecule has 0 atom stereocenters. The molecule has 2 amide bonds. The Balaban J connectivity index is 1.99. The van der Waals surface area contributed by atoms with E-state index in [-0.39, 0.29) is 5.56 Å². The van der Waals surface area contributed by atoms with E-state index in [1.54, 1.807) is 31.5 Å². The quantitative estimate of drug-likeness (QED) is 0.670. The summed E-state index contributed by atoms with van der Waals surface area (Å²) in [5.74, 6) is -0.352. The van der Waals surface area contributed by atoms with Crippen molar-refractivity contribution >= 4 is 35.5 Å². The molecule has 2 heterocycles. The van der Waals surface area contributed by atoms with Crippen LogP contribution in [0, 0.1) is 19.7 Å². The van der Waals surface area contributed by atoms with Crippen LogP contribution in [0.25, 0.3) is 11.1 Å². The molecule has 0 unspecified atom stereocenters. The summed E-state index contributed by atoms with van der Waals surface area (Å²) >= 11 is 1.19. The maximum Gasteiger partial charge on any atom is 0.259 e. The first kappa shape index (κ1) is 17.7. The van der Waals surface area contributed by atoms with Crippen molar-refractivity contribution in [2.75, 3.05) is 10.6 Å². The van der Waals surface area contributed by atoms with Crippen LogP contribution in [0.3, 0.4) is 0 Å². The number of aromatic nitrogens is 2. The third kappa shape index (κ3) is 3.60. The second kappa shape index (κ2) is 7.40. The SMILES string of the molecule is Cc1cc(F)c(C(=O)Nc2ccsn2)cc1-c1cnc(NC=O)c(C)c1. The zero-order valence-electron chi connectivity index (χ0n) is 14.0. The van der Waals surface area contributed by atoms with E-state index in [9.17, 15) is 14.0 Å². The molecule has 0 bridgehead atoms. The van der Waals surface area contributed by atoms with Crippen molar-refractivity contribution in [3.05, 3.63) is 58.3 Å². The van der Waals surface area contributed by atoms with Crippen LogP contribution in [0.4, 0.5) is 16.0 Å². The van der Waals surface area contributed by atoms with E-state index in [4.69, 9.17) is 0 Å². The molecular formula is C18H15FN4O2S. The Kier molecular flexibility index (Phi) is 5.04. The molecule has 3 rings (SSSR count). The molecule has 26 heavy (non-hydrogen) atoms. The first-order valence-electron chi connectivity index (χ1n) is 7.68. The van der Waals surface area contributed by atoms with E-state index in [1.807, 2.05) is 6.07 Å². The van der Waals surface area contributed by atoms with Crippen molar-refractivity contribution in [3.63, 3.8) is 0 Å². The van der Waals surface area contributed by atoms with Gasteiger partial charge in [0.1, 0.15) is 17.5 Å². The van der Waals surface area contributed by atoms with E-state index in [0.29, 0.717) is 29.2 Å². The third-order valence-corrected chi connectivity index (χ3v) is 4.38. The second-order valence-corrected chi connectivity index (χ2v) is 6.30. The van der Waals surface area contributed by atoms with Crippen LogP contribution < -0.4 is 10.6 Å². The lowest BCUT2D eigenvalue weighted by atomic mass is 9.97. The van der Waals surface area contributed by atoms with Crippen molar-refractivity contribution in [2.24, 2.45) is 0 Å². The van der Waals surface area contributed by atoms with Gasteiger partial charge in [-0.05, 0) is 66.3 Å². The molecule has 2 N–H and O–H groups in total. The van der Waals surface area contributed by atoms with E-state index in [0.717, 1.165) is 11.1 Å². The van der Waals surface area contributed by atoms with Crippen LogP contribution in [0.15, 0.2) is 35.8 Å². The van der Waals surface area contributed by atoms with Gasteiger partial charge in [-0.3, -0.25) is 9.59 Å². The van der Waals surface area contributed by atoms with Gasteiger partial charge in [-0.2, -0.15) is 4.37 Å². The first-order valence-corrected chi connectivity index (χ1v) is 8.52. The highest BCUT2D eigenvalue weighted by Gasteiger charge is 2.17. The Morgan fingerprint density at radius 3 is 2.69 bits per heavy atom. The molecule has 0 aliphatic heterocycles. The molecule has 0 spiro atoms. The second-order valence-electron chi connectivity index (χ2n) is 5.64. The number of pyridine rings is 1. The third-order valence-electron chi connectivity index (χ3n) is 3.82. The van der Waals surface area contributed by atoms with Crippen molar-refractivity contribution in [1.29, 1.82) is 0 Å². The summed E-state index contributed by atoms with van der Waals surface area (Å²) in [4.78, 5) is 27.2. The van der Waals surface area contributed by atoms with Crippen LogP contribution in [-0.4, -0.2) is 21.7 Å². The fourth-order valence-corrected chi connectivity index (χ4v) is 3.02. The van der Waals surface area contributed by atoms with Crippen molar-refractivity contribution < 1.29 is 14.0 Å². The maximum absolute atomic E-state index is 14.3. The number of carbonyl (C=O) groups is 2. The van der Waals surface area contributed by atoms with Gasteiger partial charge in [0.15, 0.2) is 0 Å². The minimum absolute atomic E-state index is 0.0775. The fourth-order valence-electron chi connectivity index (χ4n) is 2.55. The molecule has 1 aromatic carbocycles. The van der Waals surface area contributed by atoms with Gasteiger partial charge in [-0.1, -0.05) is 0 Å². The lowest BCUT2D eigenvalue weighted by Crippen LogP contribution is -2.14. The molecule has 3 aromatic rings. The summed E-state index contributed by atoms with van der Waals surface area (Å²) < 4.78 is 18.3. The van der Waals surface area contributed by atoms with Crippen molar-refractivity contribution in [2.45, 2.75) is 13.8 Å². The number of anilines is 2. The Hall–Kier alpha value is -3.13. The summed E-state index contributed by atoms with van der Waals surface area (Å²) in [7, 11) is 0. The summed E-state index contributed by atoms with van der Waals surface area (Å²) in [6, 6.07) is 6.27. The Morgan fingerprint density at radius 1 is 1.23 bits per heavy atom. The molecule has 0 aliphatic rings. The average molecular weight is 370 g/mol. The smallest absolute Gasteiger partial charge is 0.259 e. The molecule has 0 radical (unpaired) electrons. The molecule has 0 aliphatic carbocycles. The van der Waals surface area contributed by atoms with Gasteiger partial charge in [0.2, 0.25) is 6.41 Å². The normalized spacial score (nSPS) is 10.4. The highest BCUT2D eigenvalue weighted by molar-refractivity contribution is 7.03. The summed E-state index contributed by atoms with van der Waals surface area (Å²) in [6.07, 6.45) is 2.13. The van der Waals surface area contributed by atoms with E-state index in [2.05, 4.69) is 20.0 Å². The minimum Gasteiger partial charge on any atom is -0.313 e. The number of carbonyl (C=O) groups excluding carboxylic acids is 2. The zero-order chi connectivity index (χ0) is 18.7. The number of nitrogens with zero attached hydrogens (tertiary/aromatic N) is 2. The Bertz CT molecular complexity index is 974. The Morgan fingerprint density at radius 2 is 2.04 bits per heavy atom. The molecule has 2 aromatic heterocycles. The maximum atomic E-state index is 14.3. The van der Waals surface area contributed by atoms with Crippen LogP contribution in [-0.2, 0) is 4.79 Å². The molecular weight excluding hydrogens is 355 g/mol. The summed E-state index contributed by atoms with van der Waals surface area (Å²) in [6.45, 7) is 3.56. The number of nitrogens with one attached hydrogen (secondary N) is 2. The average Bonchev–Trinajstić information content (AvgIpc) is 3.10. The lowest BCUT2D eigenvalue weighted by Gasteiger charge is -2.12. The number of amides is 2. The highest BCUT2D eigenvalue weighted by atomic mass is 32.1. The Labute approximate surface area is 153 Å². The van der Waals surface area contributed by atoms with Gasteiger partial charge in [0.25, 0.3) is 5.91 Å². The van der Waals surface area contributed by atoms with Crippen molar-refractivity contribution in [1.82, 2.24) is 9.36 Å². The van der Waals surface area contributed by atoms with Gasteiger partial charge in [0, 0.05) is 17.1 Å². The number of hydrogen-bond donors (Lipinski definition) is 2. The summed E-state index contributed by atoms with van der Waals surface area (Å²) in [5, 5.41) is 6.80. The molecule has 0 saturated heterocycles. The first-order chi connectivity index (χ1) is 12.5. The van der Waals surface area contributed by atoms with E-state index < -0.39 is 11.7 Å². The fraction of sp³-hybridized carbons (Fsp3) is 0.111. The van der Waals surface area contributed by atoms with Crippen molar-refractivity contribution in [3.8, 4) is 11.1 Å². The van der Waals surface area contributed by atoms with Crippen LogP contribution >= 0.6 is 11.5 Å². The van der Waals surface area contributed by atoms with Gasteiger partial charge >= 0.3 is 0 Å². The van der Waals surface area contributed by atoms with Gasteiger partial charge in [-0.15, -0.1) is 0 Å². The number of rotatable bonds is 5. The zero-order valence-corrected chi connectivity index (χ0v) is 14.9. The van der Waals surface area contributed by atoms with E-state index >= 15 is 0 Å². The van der Waals surface area contributed by atoms with Gasteiger partial charge < -0.3 is 10.6 Å². The number of halogens is 1. The van der Waals surface area contributed by atoms with Crippen LogP contribution in [0.5, 0.6) is 0 Å². The summed E-state index contributed by atoms with van der Waals surface area (Å²) in [5.41, 5.74) is 2.75. The van der Waals surface area contributed by atoms with Crippen LogP contribution in [0.1, 0.15) is 21.5 Å². The number of aryl methyl sites for hydroxylation is 2. The topological polar surface area (TPSA) is 84.0 Å². The van der Waals surface area contributed by atoms with Crippen LogP contribution in [0.2, 0.25) is 0 Å². The number of hydrogen-bond acceptors (Lipinski definition) is 5. The monoisotopic (exact) mass is 370 g/mol. The standard InChI is InChI=1S/C18H15FN4O2S/c1-10-6-15(19)14(18(25)22-16-3-4-26-23-16)7-13(10)12-5-11(2)17(20-8-12)21-9-24/h3-9H,1-2H3,(H,20,21,24)(H,22,23,25). The van der Waals surface area contributed by atoms with Gasteiger partial charge in [-0.25, -0.2) is 9.37 Å². The lowest BCUT2D eigenvalue weighted by molar-refractivity contribution is -0.105. The largest absolute Gasteiger partial charge is 0.313 e. The molecule has 0 saturated carbocycles. The molecule has 132 valence electrons.